The lowest BCUT2D eigenvalue weighted by Gasteiger charge is -2.41. The first-order valence-corrected chi connectivity index (χ1v) is 9.80. The van der Waals surface area contributed by atoms with E-state index in [1.807, 2.05) is 24.4 Å². The van der Waals surface area contributed by atoms with E-state index in [0.717, 1.165) is 31.9 Å². The molecule has 1 unspecified atom stereocenters. The Morgan fingerprint density at radius 2 is 1.85 bits per heavy atom. The lowest BCUT2D eigenvalue weighted by molar-refractivity contribution is -0.924. The van der Waals surface area contributed by atoms with Crippen molar-refractivity contribution >= 4 is 0 Å². The van der Waals surface area contributed by atoms with Crippen LogP contribution in [0.2, 0.25) is 0 Å². The zero-order chi connectivity index (χ0) is 18.2. The van der Waals surface area contributed by atoms with E-state index in [0.29, 0.717) is 11.8 Å². The minimum atomic E-state index is 0.146. The highest BCUT2D eigenvalue weighted by Gasteiger charge is 2.38. The number of nitrogens with one attached hydrogen (secondary N) is 1. The van der Waals surface area contributed by atoms with Crippen LogP contribution in [0.15, 0.2) is 71.7 Å². The Kier molecular flexibility index (Phi) is 4.13. The summed E-state index contributed by atoms with van der Waals surface area (Å²) >= 11 is 0. The molecule has 2 bridgehead atoms. The van der Waals surface area contributed by atoms with Crippen molar-refractivity contribution in [3.63, 3.8) is 0 Å². The number of benzene rings is 1. The maximum absolute atomic E-state index is 12.6. The van der Waals surface area contributed by atoms with E-state index in [1.165, 1.54) is 23.2 Å². The van der Waals surface area contributed by atoms with E-state index in [2.05, 4.69) is 45.9 Å². The highest BCUT2D eigenvalue weighted by Crippen LogP contribution is 2.36. The molecule has 2 aliphatic heterocycles. The van der Waals surface area contributed by atoms with Crippen molar-refractivity contribution in [1.29, 1.82) is 0 Å². The van der Waals surface area contributed by atoms with Crippen LogP contribution < -0.4 is 10.5 Å². The number of likely N-dealkylation sites (tertiary alicyclic amines) is 1. The molecular weight excluding hydrogens is 334 g/mol. The van der Waals surface area contributed by atoms with Crippen LogP contribution in [0, 0.1) is 5.92 Å². The number of fused-ring (bicyclic) bond motifs is 4. The average Bonchev–Trinajstić information content (AvgIpc) is 2.70. The average molecular weight is 358 g/mol. The van der Waals surface area contributed by atoms with E-state index >= 15 is 0 Å². The van der Waals surface area contributed by atoms with Gasteiger partial charge in [0.25, 0.3) is 5.56 Å². The molecule has 1 N–H and O–H groups in total. The van der Waals surface area contributed by atoms with Crippen LogP contribution in [0.3, 0.4) is 0 Å². The normalized spacial score (nSPS) is 23.6. The molecule has 1 aromatic carbocycles. The Labute approximate surface area is 159 Å². The summed E-state index contributed by atoms with van der Waals surface area (Å²) in [5, 5.41) is 0. The minimum absolute atomic E-state index is 0.146. The molecule has 0 amide bonds. The molecule has 4 nitrogen and oxygen atoms in total. The molecule has 4 heteroatoms. The zero-order valence-electron chi connectivity index (χ0n) is 15.3. The van der Waals surface area contributed by atoms with Crippen molar-refractivity contribution in [2.75, 3.05) is 13.1 Å². The number of pyridine rings is 2. The Morgan fingerprint density at radius 1 is 1.00 bits per heavy atom. The Morgan fingerprint density at radius 3 is 2.67 bits per heavy atom. The van der Waals surface area contributed by atoms with Crippen LogP contribution in [0.5, 0.6) is 0 Å². The molecule has 1 fully saturated rings. The predicted octanol–water partition coefficient (Wildman–Crippen LogP) is 2.11. The number of rotatable bonds is 3. The monoisotopic (exact) mass is 358 g/mol. The van der Waals surface area contributed by atoms with E-state index in [1.54, 1.807) is 11.0 Å². The highest BCUT2D eigenvalue weighted by molar-refractivity contribution is 5.66. The molecule has 4 heterocycles. The standard InChI is InChI=1S/C23H23N3O/c27-22-10-9-21(18-6-2-1-3-7-18)23-19-12-17(14-26(22)23)13-25(15-19)16-20-8-4-5-11-24-20/h1-11,17,19H,12-16H2/p+1/t17-,19+/m0/s1. The van der Waals surface area contributed by atoms with Gasteiger partial charge in [0.15, 0.2) is 0 Å². The summed E-state index contributed by atoms with van der Waals surface area (Å²) in [5.74, 6) is 0.999. The van der Waals surface area contributed by atoms with Crippen LogP contribution in [0.1, 0.15) is 23.7 Å². The molecule has 3 aromatic rings. The SMILES string of the molecule is O=c1ccc(-c2ccccc2)c2n1C[C@H]1C[C@@H]2C[NH+](Cc2ccccn2)C1. The first-order chi connectivity index (χ1) is 13.3. The van der Waals surface area contributed by atoms with Crippen molar-refractivity contribution in [3.8, 4) is 11.1 Å². The summed E-state index contributed by atoms with van der Waals surface area (Å²) < 4.78 is 2.05. The third kappa shape index (κ3) is 3.10. The summed E-state index contributed by atoms with van der Waals surface area (Å²) in [6.45, 7) is 3.99. The fourth-order valence-corrected chi connectivity index (χ4v) is 5.00. The molecule has 2 aromatic heterocycles. The lowest BCUT2D eigenvalue weighted by Crippen LogP contribution is -3.13. The number of hydrogen-bond acceptors (Lipinski definition) is 2. The molecule has 0 saturated carbocycles. The van der Waals surface area contributed by atoms with Crippen LogP contribution >= 0.6 is 0 Å². The molecular formula is C23H24N3O+. The quantitative estimate of drug-likeness (QED) is 0.779. The molecule has 3 atom stereocenters. The summed E-state index contributed by atoms with van der Waals surface area (Å²) in [7, 11) is 0. The van der Waals surface area contributed by atoms with Gasteiger partial charge < -0.3 is 9.47 Å². The van der Waals surface area contributed by atoms with Gasteiger partial charge in [-0.1, -0.05) is 36.4 Å². The van der Waals surface area contributed by atoms with Crippen molar-refractivity contribution in [2.24, 2.45) is 5.92 Å². The maximum atomic E-state index is 12.6. The second-order valence-electron chi connectivity index (χ2n) is 7.90. The Hall–Kier alpha value is -2.72. The Bertz CT molecular complexity index is 997. The Balaban J connectivity index is 1.52. The van der Waals surface area contributed by atoms with Crippen molar-refractivity contribution in [3.05, 3.63) is 88.6 Å². The topological polar surface area (TPSA) is 39.3 Å². The molecule has 0 radical (unpaired) electrons. The number of piperidine rings is 1. The van der Waals surface area contributed by atoms with Crippen LogP contribution in [-0.2, 0) is 13.1 Å². The minimum Gasteiger partial charge on any atom is -0.329 e. The van der Waals surface area contributed by atoms with Gasteiger partial charge in [-0.15, -0.1) is 0 Å². The van der Waals surface area contributed by atoms with Crippen LogP contribution in [0.4, 0.5) is 0 Å². The van der Waals surface area contributed by atoms with Crippen LogP contribution in [-0.4, -0.2) is 22.6 Å². The van der Waals surface area contributed by atoms with Gasteiger partial charge in [-0.05, 0) is 30.2 Å². The van der Waals surface area contributed by atoms with Gasteiger partial charge in [0.2, 0.25) is 0 Å². The molecule has 27 heavy (non-hydrogen) atoms. The highest BCUT2D eigenvalue weighted by atomic mass is 16.1. The number of aromatic nitrogens is 2. The van der Waals surface area contributed by atoms with Gasteiger partial charge in [0.05, 0.1) is 18.8 Å². The van der Waals surface area contributed by atoms with Crippen molar-refractivity contribution in [2.45, 2.75) is 25.4 Å². The zero-order valence-corrected chi connectivity index (χ0v) is 15.3. The predicted molar refractivity (Wildman–Crippen MR) is 106 cm³/mol. The fraction of sp³-hybridized carbons (Fsp3) is 0.304. The third-order valence-electron chi connectivity index (χ3n) is 6.03. The molecule has 0 aliphatic carbocycles. The van der Waals surface area contributed by atoms with Crippen molar-refractivity contribution in [1.82, 2.24) is 9.55 Å². The molecule has 0 spiro atoms. The summed E-state index contributed by atoms with van der Waals surface area (Å²) in [5.41, 5.74) is 4.96. The molecule has 1 saturated heterocycles. The fourth-order valence-electron chi connectivity index (χ4n) is 5.00. The van der Waals surface area contributed by atoms with Gasteiger partial charge in [-0.3, -0.25) is 9.78 Å². The van der Waals surface area contributed by atoms with E-state index in [4.69, 9.17) is 0 Å². The van der Waals surface area contributed by atoms with E-state index < -0.39 is 0 Å². The van der Waals surface area contributed by atoms with E-state index in [9.17, 15) is 4.79 Å². The summed E-state index contributed by atoms with van der Waals surface area (Å²) in [6, 6.07) is 20.4. The van der Waals surface area contributed by atoms with Crippen LogP contribution in [0.25, 0.3) is 11.1 Å². The molecule has 2 aliphatic rings. The van der Waals surface area contributed by atoms with Gasteiger partial charge in [-0.25, -0.2) is 0 Å². The first kappa shape index (κ1) is 16.5. The maximum Gasteiger partial charge on any atom is 0.250 e. The molecule has 136 valence electrons. The molecule has 5 rings (SSSR count). The largest absolute Gasteiger partial charge is 0.329 e. The summed E-state index contributed by atoms with van der Waals surface area (Å²) in [4.78, 5) is 18.7. The van der Waals surface area contributed by atoms with E-state index in [-0.39, 0.29) is 5.56 Å². The van der Waals surface area contributed by atoms with Gasteiger partial charge in [0.1, 0.15) is 6.54 Å². The third-order valence-corrected chi connectivity index (χ3v) is 6.03. The number of nitrogens with zero attached hydrogens (tertiary/aromatic N) is 2. The first-order valence-electron chi connectivity index (χ1n) is 9.80. The van der Waals surface area contributed by atoms with Gasteiger partial charge in [0, 0.05) is 41.9 Å². The van der Waals surface area contributed by atoms with Gasteiger partial charge >= 0.3 is 0 Å². The second kappa shape index (κ2) is 6.78. The number of quaternary nitrogens is 1. The smallest absolute Gasteiger partial charge is 0.250 e. The summed E-state index contributed by atoms with van der Waals surface area (Å²) in [6.07, 6.45) is 3.07. The lowest BCUT2D eigenvalue weighted by atomic mass is 9.80. The van der Waals surface area contributed by atoms with Crippen molar-refractivity contribution < 1.29 is 4.90 Å². The van der Waals surface area contributed by atoms with Gasteiger partial charge in [-0.2, -0.15) is 0 Å². The number of hydrogen-bond donors (Lipinski definition) is 1. The second-order valence-corrected chi connectivity index (χ2v) is 7.90.